The second-order valence-electron chi connectivity index (χ2n) is 8.72. The molecular formula is C25H33NO3. The van der Waals surface area contributed by atoms with Crippen LogP contribution in [0.1, 0.15) is 69.9 Å². The van der Waals surface area contributed by atoms with Crippen LogP contribution in [-0.2, 0) is 4.79 Å². The molecule has 2 aromatic rings. The molecule has 1 aliphatic heterocycles. The zero-order valence-electron chi connectivity index (χ0n) is 17.5. The van der Waals surface area contributed by atoms with Crippen molar-refractivity contribution < 1.29 is 14.6 Å². The van der Waals surface area contributed by atoms with E-state index in [1.165, 1.54) is 48.4 Å². The largest absolute Gasteiger partial charge is 0.490 e. The number of likely N-dealkylation sites (tertiary alicyclic amines) is 1. The third-order valence-corrected chi connectivity index (χ3v) is 6.78. The summed E-state index contributed by atoms with van der Waals surface area (Å²) in [6.07, 6.45) is 9.16. The molecule has 1 atom stereocenters. The van der Waals surface area contributed by atoms with Gasteiger partial charge < -0.3 is 9.84 Å². The summed E-state index contributed by atoms with van der Waals surface area (Å²) in [6.45, 7) is 3.95. The molecule has 1 saturated carbocycles. The summed E-state index contributed by atoms with van der Waals surface area (Å²) in [6, 6.07) is 13.6. The van der Waals surface area contributed by atoms with Gasteiger partial charge in [-0.05, 0) is 92.6 Å². The number of carbonyl (C=O) groups is 1. The van der Waals surface area contributed by atoms with Gasteiger partial charge in [-0.1, -0.05) is 31.5 Å². The first-order valence-electron chi connectivity index (χ1n) is 11.3. The fourth-order valence-corrected chi connectivity index (χ4v) is 5.06. The van der Waals surface area contributed by atoms with Crippen molar-refractivity contribution in [1.29, 1.82) is 0 Å². The van der Waals surface area contributed by atoms with Gasteiger partial charge in [0.1, 0.15) is 5.75 Å². The summed E-state index contributed by atoms with van der Waals surface area (Å²) >= 11 is 0. The molecule has 156 valence electrons. The van der Waals surface area contributed by atoms with Gasteiger partial charge in [-0.15, -0.1) is 0 Å². The number of fused-ring (bicyclic) bond motifs is 1. The van der Waals surface area contributed by atoms with E-state index in [0.29, 0.717) is 12.1 Å². The van der Waals surface area contributed by atoms with Crippen LogP contribution in [0, 0.1) is 5.92 Å². The van der Waals surface area contributed by atoms with Crippen molar-refractivity contribution in [3.63, 3.8) is 0 Å². The summed E-state index contributed by atoms with van der Waals surface area (Å²) in [5.74, 6) is 0.164. The molecule has 0 spiro atoms. The van der Waals surface area contributed by atoms with Crippen LogP contribution in [-0.4, -0.2) is 35.2 Å². The van der Waals surface area contributed by atoms with Crippen LogP contribution in [0.25, 0.3) is 10.8 Å². The van der Waals surface area contributed by atoms with E-state index in [1.54, 1.807) is 0 Å². The van der Waals surface area contributed by atoms with Crippen molar-refractivity contribution in [3.8, 4) is 5.75 Å². The lowest BCUT2D eigenvalue weighted by Crippen LogP contribution is -2.38. The fraction of sp³-hybridized carbons (Fsp3) is 0.560. The van der Waals surface area contributed by atoms with Gasteiger partial charge in [-0.25, -0.2) is 0 Å². The summed E-state index contributed by atoms with van der Waals surface area (Å²) < 4.78 is 6.23. The van der Waals surface area contributed by atoms with Gasteiger partial charge >= 0.3 is 5.97 Å². The Morgan fingerprint density at radius 3 is 2.41 bits per heavy atom. The van der Waals surface area contributed by atoms with Gasteiger partial charge in [-0.2, -0.15) is 0 Å². The molecule has 4 nitrogen and oxygen atoms in total. The summed E-state index contributed by atoms with van der Waals surface area (Å²) in [7, 11) is 0. The van der Waals surface area contributed by atoms with E-state index in [-0.39, 0.29) is 5.92 Å². The highest BCUT2D eigenvalue weighted by Crippen LogP contribution is 2.32. The summed E-state index contributed by atoms with van der Waals surface area (Å²) in [5, 5.41) is 11.7. The van der Waals surface area contributed by atoms with Crippen LogP contribution in [0.3, 0.4) is 0 Å². The Kier molecular flexibility index (Phi) is 6.39. The molecule has 2 aliphatic rings. The van der Waals surface area contributed by atoms with Gasteiger partial charge in [0.25, 0.3) is 0 Å². The second-order valence-corrected chi connectivity index (χ2v) is 8.72. The maximum atomic E-state index is 11.2. The predicted octanol–water partition coefficient (Wildman–Crippen LogP) is 5.80. The predicted molar refractivity (Wildman–Crippen MR) is 116 cm³/mol. The Bertz CT molecular complexity index is 835. The molecule has 0 aromatic heterocycles. The van der Waals surface area contributed by atoms with E-state index in [9.17, 15) is 9.90 Å². The van der Waals surface area contributed by atoms with Crippen LogP contribution >= 0.6 is 0 Å². The maximum absolute atomic E-state index is 11.2. The number of piperidine rings is 1. The number of hydrogen-bond donors (Lipinski definition) is 1. The van der Waals surface area contributed by atoms with Crippen LogP contribution in [0.4, 0.5) is 0 Å². The number of hydrogen-bond acceptors (Lipinski definition) is 3. The SMILES string of the molecule is CCC(c1ccc2cc(OC3CCCCC3)ccc2c1)N1CCC(C(=O)O)CC1. The normalized spacial score (nSPS) is 20.6. The van der Waals surface area contributed by atoms with Crippen molar-refractivity contribution in [2.24, 2.45) is 5.92 Å². The highest BCUT2D eigenvalue weighted by molar-refractivity contribution is 5.84. The van der Waals surface area contributed by atoms with Gasteiger partial charge in [0.2, 0.25) is 0 Å². The number of carboxylic acid groups (broad SMARTS) is 1. The highest BCUT2D eigenvalue weighted by Gasteiger charge is 2.28. The molecule has 0 radical (unpaired) electrons. The van der Waals surface area contributed by atoms with Crippen LogP contribution in [0.5, 0.6) is 5.75 Å². The van der Waals surface area contributed by atoms with Gasteiger partial charge in [-0.3, -0.25) is 9.69 Å². The van der Waals surface area contributed by atoms with Crippen molar-refractivity contribution in [1.82, 2.24) is 4.90 Å². The van der Waals surface area contributed by atoms with Gasteiger partial charge in [0, 0.05) is 6.04 Å². The van der Waals surface area contributed by atoms with Crippen molar-refractivity contribution in [2.45, 2.75) is 70.4 Å². The van der Waals surface area contributed by atoms with Gasteiger partial charge in [0.05, 0.1) is 12.0 Å². The molecule has 4 heteroatoms. The lowest BCUT2D eigenvalue weighted by Gasteiger charge is -2.36. The Hall–Kier alpha value is -2.07. The van der Waals surface area contributed by atoms with Crippen LogP contribution in [0.2, 0.25) is 0 Å². The average molecular weight is 396 g/mol. The number of ether oxygens (including phenoxy) is 1. The lowest BCUT2D eigenvalue weighted by molar-refractivity contribution is -0.143. The van der Waals surface area contributed by atoms with Crippen LogP contribution in [0.15, 0.2) is 36.4 Å². The number of nitrogens with zero attached hydrogens (tertiary/aromatic N) is 1. The Morgan fingerprint density at radius 1 is 1.03 bits per heavy atom. The Labute approximate surface area is 173 Å². The minimum atomic E-state index is -0.644. The molecule has 1 heterocycles. The molecule has 1 N–H and O–H groups in total. The summed E-state index contributed by atoms with van der Waals surface area (Å²) in [5.41, 5.74) is 1.33. The first kappa shape index (κ1) is 20.2. The maximum Gasteiger partial charge on any atom is 0.306 e. The smallest absolute Gasteiger partial charge is 0.306 e. The topological polar surface area (TPSA) is 49.8 Å². The molecule has 0 bridgehead atoms. The molecule has 1 saturated heterocycles. The molecule has 2 fully saturated rings. The van der Waals surface area contributed by atoms with E-state index >= 15 is 0 Å². The van der Waals surface area contributed by atoms with Crippen molar-refractivity contribution >= 4 is 16.7 Å². The van der Waals surface area contributed by atoms with Gasteiger partial charge in [0.15, 0.2) is 0 Å². The molecule has 4 rings (SSSR count). The monoisotopic (exact) mass is 395 g/mol. The first-order chi connectivity index (χ1) is 14.1. The van der Waals surface area contributed by atoms with Crippen molar-refractivity contribution in [3.05, 3.63) is 42.0 Å². The molecule has 0 amide bonds. The molecule has 29 heavy (non-hydrogen) atoms. The minimum absolute atomic E-state index is 0.178. The number of carboxylic acids is 1. The number of benzene rings is 2. The molecule has 1 aliphatic carbocycles. The Balaban J connectivity index is 1.47. The molecule has 2 aromatic carbocycles. The first-order valence-corrected chi connectivity index (χ1v) is 11.3. The Morgan fingerprint density at radius 2 is 1.72 bits per heavy atom. The zero-order valence-corrected chi connectivity index (χ0v) is 17.5. The van der Waals surface area contributed by atoms with E-state index in [1.807, 2.05) is 0 Å². The minimum Gasteiger partial charge on any atom is -0.490 e. The third-order valence-electron chi connectivity index (χ3n) is 6.78. The third kappa shape index (κ3) is 4.75. The fourth-order valence-electron chi connectivity index (χ4n) is 5.06. The standard InChI is InChI=1S/C25H33NO3/c1-2-24(26-14-12-18(13-15-26)25(27)28)21-9-8-20-17-23(11-10-19(20)16-21)29-22-6-4-3-5-7-22/h8-11,16-18,22,24H,2-7,12-15H2,1H3,(H,27,28). The molecular weight excluding hydrogens is 362 g/mol. The lowest BCUT2D eigenvalue weighted by atomic mass is 9.92. The number of rotatable bonds is 6. The van der Waals surface area contributed by atoms with E-state index < -0.39 is 5.97 Å². The quantitative estimate of drug-likeness (QED) is 0.672. The van der Waals surface area contributed by atoms with E-state index in [4.69, 9.17) is 4.74 Å². The van der Waals surface area contributed by atoms with Crippen molar-refractivity contribution in [2.75, 3.05) is 13.1 Å². The van der Waals surface area contributed by atoms with E-state index in [2.05, 4.69) is 48.2 Å². The molecule has 1 unspecified atom stereocenters. The average Bonchev–Trinajstić information content (AvgIpc) is 2.75. The number of aliphatic carboxylic acids is 1. The van der Waals surface area contributed by atoms with E-state index in [0.717, 1.165) is 38.1 Å². The van der Waals surface area contributed by atoms with Crippen LogP contribution < -0.4 is 4.74 Å². The zero-order chi connectivity index (χ0) is 20.2. The highest BCUT2D eigenvalue weighted by atomic mass is 16.5. The summed E-state index contributed by atoms with van der Waals surface area (Å²) in [4.78, 5) is 13.7. The second kappa shape index (κ2) is 9.17.